The first kappa shape index (κ1) is 10.8. The van der Waals surface area contributed by atoms with Crippen LogP contribution in [0.5, 0.6) is 5.75 Å². The number of pyridine rings is 1. The van der Waals surface area contributed by atoms with Crippen LogP contribution in [0.1, 0.15) is 31.2 Å². The van der Waals surface area contributed by atoms with Gasteiger partial charge in [0.15, 0.2) is 0 Å². The molecule has 0 aliphatic carbocycles. The van der Waals surface area contributed by atoms with Gasteiger partial charge in [0.2, 0.25) is 0 Å². The van der Waals surface area contributed by atoms with Gasteiger partial charge in [-0.1, -0.05) is 12.5 Å². The van der Waals surface area contributed by atoms with Crippen molar-refractivity contribution in [1.82, 2.24) is 10.3 Å². The largest absolute Gasteiger partial charge is 0.495 e. The lowest BCUT2D eigenvalue weighted by Gasteiger charge is -2.35. The predicted octanol–water partition coefficient (Wildman–Crippen LogP) is 2.39. The molecular weight excluding hydrogens is 212 g/mol. The van der Waals surface area contributed by atoms with E-state index in [4.69, 9.17) is 4.74 Å². The Balaban J connectivity index is 1.90. The van der Waals surface area contributed by atoms with Crippen molar-refractivity contribution in [3.8, 4) is 5.75 Å². The summed E-state index contributed by atoms with van der Waals surface area (Å²) in [4.78, 5) is 4.24. The number of hydrogen-bond donors (Lipinski definition) is 1. The van der Waals surface area contributed by atoms with E-state index in [1.807, 2.05) is 6.20 Å². The number of piperidine rings is 1. The first-order valence-electron chi connectivity index (χ1n) is 6.31. The second-order valence-corrected chi connectivity index (χ2v) is 4.91. The van der Waals surface area contributed by atoms with Gasteiger partial charge in [0, 0.05) is 18.3 Å². The molecule has 2 aliphatic heterocycles. The van der Waals surface area contributed by atoms with E-state index in [-0.39, 0.29) is 0 Å². The van der Waals surface area contributed by atoms with Crippen LogP contribution in [0.2, 0.25) is 0 Å². The Morgan fingerprint density at radius 3 is 3.12 bits per heavy atom. The Bertz CT molecular complexity index is 442. The number of methoxy groups -OCH3 is 1. The van der Waals surface area contributed by atoms with E-state index in [2.05, 4.69) is 22.4 Å². The highest BCUT2D eigenvalue weighted by atomic mass is 16.5. The van der Waals surface area contributed by atoms with Gasteiger partial charge in [0.25, 0.3) is 0 Å². The summed E-state index contributed by atoms with van der Waals surface area (Å²) < 4.78 is 5.23. The van der Waals surface area contributed by atoms with Crippen molar-refractivity contribution in [3.05, 3.63) is 30.1 Å². The van der Waals surface area contributed by atoms with Crippen molar-refractivity contribution < 1.29 is 4.74 Å². The number of rotatable bonds is 2. The van der Waals surface area contributed by atoms with E-state index in [1.54, 1.807) is 13.3 Å². The zero-order valence-electron chi connectivity index (χ0n) is 10.1. The summed E-state index contributed by atoms with van der Waals surface area (Å²) in [6.07, 6.45) is 11.1. The van der Waals surface area contributed by atoms with Gasteiger partial charge in [-0.05, 0) is 36.5 Å². The SMILES string of the molecule is COc1cncc(C2=CC3CCCC(C2)N3)c1. The summed E-state index contributed by atoms with van der Waals surface area (Å²) in [5, 5.41) is 3.65. The Kier molecular flexibility index (Phi) is 2.85. The van der Waals surface area contributed by atoms with Crippen LogP contribution in [0.25, 0.3) is 5.57 Å². The first-order chi connectivity index (χ1) is 8.35. The molecule has 1 saturated heterocycles. The lowest BCUT2D eigenvalue weighted by Crippen LogP contribution is -2.44. The van der Waals surface area contributed by atoms with Crippen molar-refractivity contribution in [3.63, 3.8) is 0 Å². The van der Waals surface area contributed by atoms with Crippen LogP contribution < -0.4 is 10.1 Å². The molecule has 1 fully saturated rings. The highest BCUT2D eigenvalue weighted by molar-refractivity contribution is 5.68. The third kappa shape index (κ3) is 2.20. The number of aromatic nitrogens is 1. The van der Waals surface area contributed by atoms with Crippen LogP contribution in [0.3, 0.4) is 0 Å². The average Bonchev–Trinajstić information content (AvgIpc) is 2.38. The molecule has 0 aromatic carbocycles. The lowest BCUT2D eigenvalue weighted by atomic mass is 9.85. The van der Waals surface area contributed by atoms with Gasteiger partial charge in [-0.2, -0.15) is 0 Å². The minimum atomic E-state index is 0.559. The quantitative estimate of drug-likeness (QED) is 0.847. The summed E-state index contributed by atoms with van der Waals surface area (Å²) in [6, 6.07) is 3.29. The summed E-state index contributed by atoms with van der Waals surface area (Å²) in [7, 11) is 1.69. The summed E-state index contributed by atoms with van der Waals surface area (Å²) in [5.41, 5.74) is 2.63. The van der Waals surface area contributed by atoms with Crippen molar-refractivity contribution >= 4 is 5.57 Å². The minimum absolute atomic E-state index is 0.559. The van der Waals surface area contributed by atoms with Gasteiger partial charge in [-0.25, -0.2) is 0 Å². The van der Waals surface area contributed by atoms with Crippen molar-refractivity contribution in [2.75, 3.05) is 7.11 Å². The van der Waals surface area contributed by atoms with Gasteiger partial charge < -0.3 is 10.1 Å². The minimum Gasteiger partial charge on any atom is -0.495 e. The number of fused-ring (bicyclic) bond motifs is 2. The fourth-order valence-corrected chi connectivity index (χ4v) is 2.84. The normalized spacial score (nSPS) is 27.5. The molecule has 2 atom stereocenters. The molecule has 0 radical (unpaired) electrons. The topological polar surface area (TPSA) is 34.1 Å². The molecule has 3 heteroatoms. The van der Waals surface area contributed by atoms with Crippen LogP contribution in [0, 0.1) is 0 Å². The summed E-state index contributed by atoms with van der Waals surface area (Å²) in [6.45, 7) is 0. The maximum absolute atomic E-state index is 5.23. The molecule has 2 bridgehead atoms. The van der Waals surface area contributed by atoms with Crippen LogP contribution in [-0.4, -0.2) is 24.2 Å². The highest BCUT2D eigenvalue weighted by Gasteiger charge is 2.25. The molecule has 0 amide bonds. The van der Waals surface area contributed by atoms with Gasteiger partial charge in [-0.3, -0.25) is 4.98 Å². The number of nitrogens with zero attached hydrogens (tertiary/aromatic N) is 1. The van der Waals surface area contributed by atoms with Crippen molar-refractivity contribution in [2.24, 2.45) is 0 Å². The summed E-state index contributed by atoms with van der Waals surface area (Å²) >= 11 is 0. The number of hydrogen-bond acceptors (Lipinski definition) is 3. The average molecular weight is 230 g/mol. The highest BCUT2D eigenvalue weighted by Crippen LogP contribution is 2.31. The van der Waals surface area contributed by atoms with Gasteiger partial charge >= 0.3 is 0 Å². The van der Waals surface area contributed by atoms with E-state index in [9.17, 15) is 0 Å². The second kappa shape index (κ2) is 4.49. The maximum atomic E-state index is 5.23. The number of nitrogens with one attached hydrogen (secondary N) is 1. The Labute approximate surface area is 102 Å². The van der Waals surface area contributed by atoms with E-state index in [0.717, 1.165) is 12.2 Å². The standard InChI is InChI=1S/C14H18N2O/c1-17-14-7-11(8-15-9-14)10-5-12-3-2-4-13(6-10)16-12/h5,7-9,12-13,16H,2-4,6H2,1H3. The van der Waals surface area contributed by atoms with E-state index in [0.29, 0.717) is 12.1 Å². The molecule has 90 valence electrons. The molecular formula is C14H18N2O. The molecule has 1 N–H and O–H groups in total. The molecule has 3 nitrogen and oxygen atoms in total. The van der Waals surface area contributed by atoms with Gasteiger partial charge in [-0.15, -0.1) is 0 Å². The molecule has 17 heavy (non-hydrogen) atoms. The molecule has 1 aromatic rings. The molecule has 0 spiro atoms. The summed E-state index contributed by atoms with van der Waals surface area (Å²) in [5.74, 6) is 0.840. The molecule has 3 rings (SSSR count). The monoisotopic (exact) mass is 230 g/mol. The smallest absolute Gasteiger partial charge is 0.137 e. The zero-order valence-corrected chi connectivity index (χ0v) is 10.1. The fourth-order valence-electron chi connectivity index (χ4n) is 2.84. The third-order valence-corrected chi connectivity index (χ3v) is 3.71. The van der Waals surface area contributed by atoms with Crippen molar-refractivity contribution in [2.45, 2.75) is 37.8 Å². The number of ether oxygens (including phenoxy) is 1. The zero-order chi connectivity index (χ0) is 11.7. The van der Waals surface area contributed by atoms with Crippen molar-refractivity contribution in [1.29, 1.82) is 0 Å². The van der Waals surface area contributed by atoms with Gasteiger partial charge in [0.05, 0.1) is 13.3 Å². The molecule has 0 saturated carbocycles. The Morgan fingerprint density at radius 2 is 2.29 bits per heavy atom. The van der Waals surface area contributed by atoms with Gasteiger partial charge in [0.1, 0.15) is 5.75 Å². The van der Waals surface area contributed by atoms with E-state index < -0.39 is 0 Å². The Morgan fingerprint density at radius 1 is 1.35 bits per heavy atom. The molecule has 2 unspecified atom stereocenters. The third-order valence-electron chi connectivity index (χ3n) is 3.71. The molecule has 3 heterocycles. The van der Waals surface area contributed by atoms with Crippen LogP contribution in [0.15, 0.2) is 24.5 Å². The van der Waals surface area contributed by atoms with Crippen LogP contribution in [0.4, 0.5) is 0 Å². The Hall–Kier alpha value is -1.35. The molecule has 2 aliphatic rings. The molecule has 1 aromatic heterocycles. The first-order valence-corrected chi connectivity index (χ1v) is 6.31. The van der Waals surface area contributed by atoms with E-state index >= 15 is 0 Å². The predicted molar refractivity (Wildman–Crippen MR) is 67.9 cm³/mol. The fraction of sp³-hybridized carbons (Fsp3) is 0.500. The maximum Gasteiger partial charge on any atom is 0.137 e. The van der Waals surface area contributed by atoms with Crippen LogP contribution >= 0.6 is 0 Å². The van der Waals surface area contributed by atoms with E-state index in [1.165, 1.54) is 30.4 Å². The lowest BCUT2D eigenvalue weighted by molar-refractivity contribution is 0.348. The van der Waals surface area contributed by atoms with Crippen LogP contribution in [-0.2, 0) is 0 Å². The second-order valence-electron chi connectivity index (χ2n) is 4.91.